The fourth-order valence-corrected chi connectivity index (χ4v) is 1.23. The van der Waals surface area contributed by atoms with Crippen LogP contribution in [-0.2, 0) is 4.79 Å². The minimum Gasteiger partial charge on any atom is -0.480 e. The second-order valence-corrected chi connectivity index (χ2v) is 3.74. The van der Waals surface area contributed by atoms with Crippen LogP contribution in [0.1, 0.15) is 0 Å². The summed E-state index contributed by atoms with van der Waals surface area (Å²) in [6.07, 6.45) is 0. The van der Waals surface area contributed by atoms with Crippen molar-refractivity contribution in [2.75, 3.05) is 18.9 Å². The number of anilines is 1. The van der Waals surface area contributed by atoms with E-state index >= 15 is 0 Å². The van der Waals surface area contributed by atoms with Crippen LogP contribution in [0.5, 0.6) is 0 Å². The first-order valence-electron chi connectivity index (χ1n) is 4.59. The summed E-state index contributed by atoms with van der Waals surface area (Å²) in [4.78, 5) is 22.7. The molecule has 0 unspecified atom stereocenters. The lowest BCUT2D eigenvalue weighted by molar-refractivity contribution is -0.137. The van der Waals surface area contributed by atoms with Gasteiger partial charge in [0.05, 0.1) is 5.69 Å². The fourth-order valence-electron chi connectivity index (χ4n) is 1.08. The number of aliphatic carboxylic acids is 1. The van der Waals surface area contributed by atoms with Gasteiger partial charge in [0.15, 0.2) is 0 Å². The van der Waals surface area contributed by atoms with E-state index in [1.54, 1.807) is 0 Å². The lowest BCUT2D eigenvalue weighted by Gasteiger charge is -2.15. The molecule has 2 N–H and O–H groups in total. The molecule has 1 rings (SSSR count). The molecule has 0 radical (unpaired) electrons. The number of carboxylic acids is 1. The summed E-state index contributed by atoms with van der Waals surface area (Å²) in [6, 6.07) is 3.05. The Bertz CT molecular complexity index is 453. The van der Waals surface area contributed by atoms with Crippen molar-refractivity contribution < 1.29 is 19.1 Å². The summed E-state index contributed by atoms with van der Waals surface area (Å²) < 4.78 is 13.3. The van der Waals surface area contributed by atoms with Crippen molar-refractivity contribution in [1.82, 2.24) is 4.90 Å². The Labute approximate surface area is 102 Å². The van der Waals surface area contributed by atoms with Crippen molar-refractivity contribution in [1.29, 1.82) is 0 Å². The monoisotopic (exact) mass is 260 g/mol. The van der Waals surface area contributed by atoms with Gasteiger partial charge in [0.25, 0.3) is 0 Å². The largest absolute Gasteiger partial charge is 0.480 e. The van der Waals surface area contributed by atoms with Crippen LogP contribution in [-0.4, -0.2) is 35.6 Å². The molecule has 0 aliphatic carbocycles. The van der Waals surface area contributed by atoms with E-state index in [0.717, 1.165) is 11.0 Å². The van der Waals surface area contributed by atoms with Crippen LogP contribution in [0.4, 0.5) is 14.9 Å². The Morgan fingerprint density at radius 1 is 1.53 bits per heavy atom. The molecule has 1 aromatic carbocycles. The molecule has 0 heterocycles. The van der Waals surface area contributed by atoms with Crippen molar-refractivity contribution >= 4 is 29.3 Å². The van der Waals surface area contributed by atoms with E-state index in [1.807, 2.05) is 0 Å². The number of hydrogen-bond donors (Lipinski definition) is 2. The molecule has 0 aromatic heterocycles. The quantitative estimate of drug-likeness (QED) is 0.874. The number of urea groups is 1. The number of nitrogens with zero attached hydrogens (tertiary/aromatic N) is 1. The van der Waals surface area contributed by atoms with Crippen LogP contribution in [0.3, 0.4) is 0 Å². The van der Waals surface area contributed by atoms with Crippen LogP contribution in [0.15, 0.2) is 18.2 Å². The second-order valence-electron chi connectivity index (χ2n) is 3.30. The Balaban J connectivity index is 2.71. The highest BCUT2D eigenvalue weighted by molar-refractivity contribution is 6.30. The first-order chi connectivity index (χ1) is 7.90. The molecule has 0 saturated heterocycles. The average Bonchev–Trinajstić information content (AvgIpc) is 2.21. The van der Waals surface area contributed by atoms with Crippen molar-refractivity contribution in [3.63, 3.8) is 0 Å². The normalized spacial score (nSPS) is 9.82. The third-order valence-corrected chi connectivity index (χ3v) is 2.13. The second kappa shape index (κ2) is 5.49. The molecule has 2 amide bonds. The highest BCUT2D eigenvalue weighted by atomic mass is 35.5. The fraction of sp³-hybridized carbons (Fsp3) is 0.200. The Hall–Kier alpha value is -1.82. The van der Waals surface area contributed by atoms with Crippen LogP contribution < -0.4 is 5.32 Å². The molecule has 0 spiro atoms. The lowest BCUT2D eigenvalue weighted by Crippen LogP contribution is -2.35. The number of rotatable bonds is 3. The van der Waals surface area contributed by atoms with E-state index in [0.29, 0.717) is 0 Å². The maximum absolute atomic E-state index is 13.3. The van der Waals surface area contributed by atoms with Gasteiger partial charge in [-0.25, -0.2) is 9.18 Å². The Morgan fingerprint density at radius 3 is 2.71 bits per heavy atom. The zero-order valence-electron chi connectivity index (χ0n) is 8.91. The summed E-state index contributed by atoms with van der Waals surface area (Å²) in [5.41, 5.74) is -0.0587. The number of carboxylic acid groups (broad SMARTS) is 1. The zero-order chi connectivity index (χ0) is 13.0. The van der Waals surface area contributed by atoms with E-state index in [4.69, 9.17) is 16.7 Å². The number of carbonyl (C=O) groups excluding carboxylic acids is 1. The number of halogens is 2. The highest BCUT2D eigenvalue weighted by Crippen LogP contribution is 2.18. The molecule has 0 aliphatic heterocycles. The van der Waals surface area contributed by atoms with Crippen molar-refractivity contribution in [3.05, 3.63) is 29.0 Å². The SMILES string of the molecule is CN(CC(=O)O)C(=O)Nc1ccc(Cl)cc1F. The van der Waals surface area contributed by atoms with Crippen LogP contribution in [0.2, 0.25) is 5.02 Å². The number of benzene rings is 1. The van der Waals surface area contributed by atoms with E-state index < -0.39 is 24.4 Å². The molecule has 0 aliphatic rings. The van der Waals surface area contributed by atoms with E-state index in [2.05, 4.69) is 5.32 Å². The minimum absolute atomic E-state index is 0.0587. The predicted octanol–water partition coefficient (Wildman–Crippen LogP) is 2.03. The third kappa shape index (κ3) is 3.92. The van der Waals surface area contributed by atoms with Crippen LogP contribution in [0, 0.1) is 5.82 Å². The van der Waals surface area contributed by atoms with Gasteiger partial charge < -0.3 is 15.3 Å². The van der Waals surface area contributed by atoms with Gasteiger partial charge in [0.1, 0.15) is 12.4 Å². The predicted molar refractivity (Wildman–Crippen MR) is 60.7 cm³/mol. The van der Waals surface area contributed by atoms with Gasteiger partial charge in [-0.2, -0.15) is 0 Å². The van der Waals surface area contributed by atoms with Crippen molar-refractivity contribution in [2.24, 2.45) is 0 Å². The maximum atomic E-state index is 13.3. The zero-order valence-corrected chi connectivity index (χ0v) is 9.66. The molecule has 0 bridgehead atoms. The molecular formula is C10H10ClFN2O3. The highest BCUT2D eigenvalue weighted by Gasteiger charge is 2.13. The summed E-state index contributed by atoms with van der Waals surface area (Å²) in [6.45, 7) is -0.471. The molecule has 1 aromatic rings. The summed E-state index contributed by atoms with van der Waals surface area (Å²) in [5, 5.41) is 10.9. The van der Waals surface area contributed by atoms with Crippen molar-refractivity contribution in [3.8, 4) is 0 Å². The summed E-state index contributed by atoms with van der Waals surface area (Å²) in [7, 11) is 1.29. The third-order valence-electron chi connectivity index (χ3n) is 1.89. The van der Waals surface area contributed by atoms with Gasteiger partial charge in [-0.05, 0) is 18.2 Å². The Morgan fingerprint density at radius 2 is 2.18 bits per heavy atom. The summed E-state index contributed by atoms with van der Waals surface area (Å²) in [5.74, 6) is -1.84. The number of nitrogens with one attached hydrogen (secondary N) is 1. The smallest absolute Gasteiger partial charge is 0.323 e. The van der Waals surface area contributed by atoms with Crippen molar-refractivity contribution in [2.45, 2.75) is 0 Å². The maximum Gasteiger partial charge on any atom is 0.323 e. The number of carbonyl (C=O) groups is 2. The molecule has 92 valence electrons. The molecular weight excluding hydrogens is 251 g/mol. The van der Waals surface area contributed by atoms with E-state index in [-0.39, 0.29) is 10.7 Å². The molecule has 7 heteroatoms. The molecule has 5 nitrogen and oxygen atoms in total. The van der Waals surface area contributed by atoms with Gasteiger partial charge in [-0.15, -0.1) is 0 Å². The standard InChI is InChI=1S/C10H10ClFN2O3/c1-14(5-9(15)16)10(17)13-8-3-2-6(11)4-7(8)12/h2-4H,5H2,1H3,(H,13,17)(H,15,16). The van der Waals surface area contributed by atoms with Crippen LogP contribution in [0.25, 0.3) is 0 Å². The number of amides is 2. The van der Waals surface area contributed by atoms with Gasteiger partial charge in [0.2, 0.25) is 0 Å². The van der Waals surface area contributed by atoms with E-state index in [1.165, 1.54) is 19.2 Å². The lowest BCUT2D eigenvalue weighted by atomic mass is 10.3. The topological polar surface area (TPSA) is 69.6 Å². The molecule has 0 saturated carbocycles. The molecule has 0 atom stereocenters. The Kier molecular flexibility index (Phi) is 4.28. The van der Waals surface area contributed by atoms with Gasteiger partial charge in [0, 0.05) is 12.1 Å². The van der Waals surface area contributed by atoms with Gasteiger partial charge >= 0.3 is 12.0 Å². The number of hydrogen-bond acceptors (Lipinski definition) is 2. The first-order valence-corrected chi connectivity index (χ1v) is 4.97. The van der Waals surface area contributed by atoms with Gasteiger partial charge in [-0.3, -0.25) is 4.79 Å². The summed E-state index contributed by atoms with van der Waals surface area (Å²) >= 11 is 5.54. The van der Waals surface area contributed by atoms with Crippen LogP contribution >= 0.6 is 11.6 Å². The van der Waals surface area contributed by atoms with E-state index in [9.17, 15) is 14.0 Å². The molecule has 0 fully saturated rings. The average molecular weight is 261 g/mol. The minimum atomic E-state index is -1.15. The molecule has 17 heavy (non-hydrogen) atoms. The first kappa shape index (κ1) is 13.2. The number of likely N-dealkylation sites (N-methyl/N-ethyl adjacent to an activating group) is 1. The van der Waals surface area contributed by atoms with Gasteiger partial charge in [-0.1, -0.05) is 11.6 Å².